The van der Waals surface area contributed by atoms with Crippen molar-refractivity contribution in [3.8, 4) is 17.6 Å². The fourth-order valence-electron chi connectivity index (χ4n) is 4.19. The summed E-state index contributed by atoms with van der Waals surface area (Å²) in [5.41, 5.74) is 4.13. The van der Waals surface area contributed by atoms with E-state index in [0.29, 0.717) is 10.9 Å². The smallest absolute Gasteiger partial charge is 0.243 e. The van der Waals surface area contributed by atoms with E-state index < -0.39 is 10.0 Å². The van der Waals surface area contributed by atoms with Gasteiger partial charge in [0.2, 0.25) is 10.0 Å². The van der Waals surface area contributed by atoms with Crippen molar-refractivity contribution in [2.24, 2.45) is 0 Å². The monoisotopic (exact) mass is 471 g/mol. The van der Waals surface area contributed by atoms with Crippen LogP contribution in [0, 0.1) is 24.6 Å². The van der Waals surface area contributed by atoms with Crippen LogP contribution in [0.3, 0.4) is 0 Å². The summed E-state index contributed by atoms with van der Waals surface area (Å²) in [4.78, 5) is 0.257. The fourth-order valence-corrected chi connectivity index (χ4v) is 5.58. The van der Waals surface area contributed by atoms with Crippen molar-refractivity contribution in [1.82, 2.24) is 4.31 Å². The first-order valence-electron chi connectivity index (χ1n) is 10.8. The van der Waals surface area contributed by atoms with Gasteiger partial charge in [0.05, 0.1) is 12.0 Å². The number of rotatable bonds is 3. The zero-order valence-electron chi connectivity index (χ0n) is 18.8. The Morgan fingerprint density at radius 3 is 2.35 bits per heavy atom. The quantitative estimate of drug-likeness (QED) is 0.376. The Balaban J connectivity index is 1.60. The van der Waals surface area contributed by atoms with Gasteiger partial charge in [0.1, 0.15) is 11.6 Å². The van der Waals surface area contributed by atoms with Crippen LogP contribution in [0.4, 0.5) is 4.39 Å². The van der Waals surface area contributed by atoms with E-state index in [-0.39, 0.29) is 23.8 Å². The molecule has 6 heteroatoms. The Hall–Kier alpha value is -3.66. The zero-order valence-corrected chi connectivity index (χ0v) is 19.6. The minimum absolute atomic E-state index is 0.185. The van der Waals surface area contributed by atoms with Crippen molar-refractivity contribution in [2.75, 3.05) is 7.11 Å². The van der Waals surface area contributed by atoms with Crippen LogP contribution < -0.4 is 4.74 Å². The summed E-state index contributed by atoms with van der Waals surface area (Å²) in [5, 5.41) is 1.50. The number of benzene rings is 4. The van der Waals surface area contributed by atoms with Crippen molar-refractivity contribution in [2.45, 2.75) is 24.9 Å². The highest BCUT2D eigenvalue weighted by molar-refractivity contribution is 7.89. The van der Waals surface area contributed by atoms with Crippen LogP contribution in [0.25, 0.3) is 10.8 Å². The molecule has 1 aliphatic rings. The van der Waals surface area contributed by atoms with Crippen LogP contribution in [0.2, 0.25) is 0 Å². The van der Waals surface area contributed by atoms with Crippen LogP contribution in [-0.2, 0) is 23.1 Å². The standard InChI is InChI=1S/C28H22FNO3S/c1-19-3-12-25(13-4-19)34(31,32)30-17-22-15-21-8-9-23(29)16-27(21)26(28(22)18-30)14-7-20-5-10-24(33-2)11-6-20/h3-6,8-13,15-16H,17-18H2,1-2H3. The van der Waals surface area contributed by atoms with Gasteiger partial charge in [-0.25, -0.2) is 12.8 Å². The lowest BCUT2D eigenvalue weighted by Crippen LogP contribution is -2.25. The highest BCUT2D eigenvalue weighted by Gasteiger charge is 2.32. The van der Waals surface area contributed by atoms with E-state index in [4.69, 9.17) is 4.74 Å². The van der Waals surface area contributed by atoms with Gasteiger partial charge in [-0.05, 0) is 78.0 Å². The molecule has 0 fully saturated rings. The van der Waals surface area contributed by atoms with Gasteiger partial charge in [-0.15, -0.1) is 0 Å². The third-order valence-electron chi connectivity index (χ3n) is 6.07. The number of methoxy groups -OCH3 is 1. The number of sulfonamides is 1. The first kappa shape index (κ1) is 22.1. The van der Waals surface area contributed by atoms with Crippen molar-refractivity contribution >= 4 is 20.8 Å². The molecule has 0 bridgehead atoms. The van der Waals surface area contributed by atoms with Gasteiger partial charge in [-0.2, -0.15) is 4.31 Å². The van der Waals surface area contributed by atoms with Gasteiger partial charge in [-0.3, -0.25) is 0 Å². The molecule has 1 aliphatic heterocycles. The molecule has 0 spiro atoms. The fraction of sp³-hybridized carbons (Fsp3) is 0.143. The predicted octanol–water partition coefficient (Wildman–Crippen LogP) is 5.40. The molecule has 0 radical (unpaired) electrons. The van der Waals surface area contributed by atoms with Crippen LogP contribution in [0.1, 0.15) is 27.8 Å². The number of hydrogen-bond donors (Lipinski definition) is 0. The Labute approximate surface area is 198 Å². The molecule has 5 rings (SSSR count). The average Bonchev–Trinajstić information content (AvgIpc) is 3.27. The van der Waals surface area contributed by atoms with Gasteiger partial charge in [0, 0.05) is 29.6 Å². The molecule has 0 aromatic heterocycles. The van der Waals surface area contributed by atoms with E-state index in [1.807, 2.05) is 37.3 Å². The van der Waals surface area contributed by atoms with E-state index in [9.17, 15) is 12.8 Å². The summed E-state index contributed by atoms with van der Waals surface area (Å²) in [7, 11) is -2.08. The van der Waals surface area contributed by atoms with E-state index in [2.05, 4.69) is 11.8 Å². The maximum absolute atomic E-state index is 14.2. The van der Waals surface area contributed by atoms with E-state index in [0.717, 1.165) is 33.4 Å². The second kappa shape index (κ2) is 8.60. The molecule has 0 atom stereocenters. The first-order chi connectivity index (χ1) is 16.3. The first-order valence-corrected chi connectivity index (χ1v) is 12.3. The van der Waals surface area contributed by atoms with Crippen molar-refractivity contribution < 1.29 is 17.5 Å². The number of ether oxygens (including phenoxy) is 1. The molecule has 0 saturated heterocycles. The minimum atomic E-state index is -3.69. The summed E-state index contributed by atoms with van der Waals surface area (Å²) < 4.78 is 47.5. The predicted molar refractivity (Wildman–Crippen MR) is 130 cm³/mol. The topological polar surface area (TPSA) is 46.6 Å². The lowest BCUT2D eigenvalue weighted by Gasteiger charge is -2.15. The van der Waals surface area contributed by atoms with Gasteiger partial charge >= 0.3 is 0 Å². The van der Waals surface area contributed by atoms with E-state index in [1.54, 1.807) is 37.4 Å². The summed E-state index contributed by atoms with van der Waals surface area (Å²) in [5.74, 6) is 6.73. The molecule has 34 heavy (non-hydrogen) atoms. The van der Waals surface area contributed by atoms with Crippen LogP contribution >= 0.6 is 0 Å². The van der Waals surface area contributed by atoms with Crippen molar-refractivity contribution in [1.29, 1.82) is 0 Å². The molecule has 0 saturated carbocycles. The third kappa shape index (κ3) is 4.05. The van der Waals surface area contributed by atoms with Crippen molar-refractivity contribution in [3.63, 3.8) is 0 Å². The van der Waals surface area contributed by atoms with Gasteiger partial charge < -0.3 is 4.74 Å². The van der Waals surface area contributed by atoms with Gasteiger partial charge in [0.25, 0.3) is 0 Å². The maximum atomic E-state index is 14.2. The molecule has 0 amide bonds. The Morgan fingerprint density at radius 2 is 1.65 bits per heavy atom. The average molecular weight is 472 g/mol. The maximum Gasteiger partial charge on any atom is 0.243 e. The third-order valence-corrected chi connectivity index (χ3v) is 7.87. The molecule has 4 aromatic carbocycles. The SMILES string of the molecule is COc1ccc(C#Cc2c3c(cc4ccc(F)cc24)CN(S(=O)(=O)c2ccc(C)cc2)C3)cc1. The Bertz CT molecular complexity index is 1570. The van der Waals surface area contributed by atoms with E-state index in [1.165, 1.54) is 16.4 Å². The molecule has 4 nitrogen and oxygen atoms in total. The summed E-state index contributed by atoms with van der Waals surface area (Å²) in [6.07, 6.45) is 0. The number of nitrogens with zero attached hydrogens (tertiary/aromatic N) is 1. The minimum Gasteiger partial charge on any atom is -0.497 e. The van der Waals surface area contributed by atoms with Crippen LogP contribution in [0.15, 0.2) is 77.7 Å². The number of hydrogen-bond acceptors (Lipinski definition) is 3. The molecular weight excluding hydrogens is 449 g/mol. The highest BCUT2D eigenvalue weighted by atomic mass is 32.2. The Kier molecular flexibility index (Phi) is 5.60. The molecule has 170 valence electrons. The van der Waals surface area contributed by atoms with Crippen LogP contribution in [-0.4, -0.2) is 19.8 Å². The van der Waals surface area contributed by atoms with E-state index >= 15 is 0 Å². The van der Waals surface area contributed by atoms with Gasteiger partial charge in [-0.1, -0.05) is 35.6 Å². The normalized spacial score (nSPS) is 13.4. The summed E-state index contributed by atoms with van der Waals surface area (Å²) >= 11 is 0. The zero-order chi connectivity index (χ0) is 23.9. The lowest BCUT2D eigenvalue weighted by molar-refractivity contribution is 0.415. The summed E-state index contributed by atoms with van der Waals surface area (Å²) in [6.45, 7) is 2.35. The van der Waals surface area contributed by atoms with Gasteiger partial charge in [0.15, 0.2) is 0 Å². The molecule has 0 unspecified atom stereocenters. The van der Waals surface area contributed by atoms with Crippen molar-refractivity contribution in [3.05, 3.63) is 106 Å². The second-order valence-electron chi connectivity index (χ2n) is 8.32. The number of aryl methyl sites for hydroxylation is 1. The lowest BCUT2D eigenvalue weighted by atomic mass is 9.95. The molecule has 4 aromatic rings. The largest absolute Gasteiger partial charge is 0.497 e. The molecule has 1 heterocycles. The highest BCUT2D eigenvalue weighted by Crippen LogP contribution is 2.35. The summed E-state index contributed by atoms with van der Waals surface area (Å²) in [6, 6.07) is 20.7. The number of halogens is 1. The Morgan fingerprint density at radius 1 is 0.912 bits per heavy atom. The molecule has 0 N–H and O–H groups in total. The second-order valence-corrected chi connectivity index (χ2v) is 10.3. The van der Waals surface area contributed by atoms with Crippen LogP contribution in [0.5, 0.6) is 5.75 Å². The number of fused-ring (bicyclic) bond motifs is 2. The molecular formula is C28H22FNO3S. The molecule has 0 aliphatic carbocycles.